The quantitative estimate of drug-likeness (QED) is 0.884. The van der Waals surface area contributed by atoms with Gasteiger partial charge in [0.1, 0.15) is 18.2 Å². The minimum absolute atomic E-state index is 0.0357. The summed E-state index contributed by atoms with van der Waals surface area (Å²) in [6.45, 7) is 4.17. The summed E-state index contributed by atoms with van der Waals surface area (Å²) in [5.41, 5.74) is 1.85. The average molecular weight is 356 g/mol. The van der Waals surface area contributed by atoms with Crippen LogP contribution in [-0.2, 0) is 11.2 Å². The van der Waals surface area contributed by atoms with Crippen molar-refractivity contribution in [2.45, 2.75) is 26.3 Å². The molecule has 2 aromatic rings. The van der Waals surface area contributed by atoms with E-state index in [-0.39, 0.29) is 23.8 Å². The Labute approximate surface area is 151 Å². The minimum atomic E-state index is -0.391. The van der Waals surface area contributed by atoms with Crippen LogP contribution in [0.1, 0.15) is 29.8 Å². The van der Waals surface area contributed by atoms with Crippen LogP contribution >= 0.6 is 0 Å². The van der Waals surface area contributed by atoms with Crippen LogP contribution in [0.2, 0.25) is 0 Å². The van der Waals surface area contributed by atoms with E-state index in [1.54, 1.807) is 12.1 Å². The highest BCUT2D eigenvalue weighted by molar-refractivity contribution is 6.04. The third kappa shape index (κ3) is 4.20. The highest BCUT2D eigenvalue weighted by atomic mass is 19.1. The molecule has 1 unspecified atom stereocenters. The summed E-state index contributed by atoms with van der Waals surface area (Å²) in [7, 11) is 0. The van der Waals surface area contributed by atoms with Gasteiger partial charge < -0.3 is 15.4 Å². The van der Waals surface area contributed by atoms with E-state index in [4.69, 9.17) is 4.74 Å². The van der Waals surface area contributed by atoms with Crippen LogP contribution in [0.25, 0.3) is 0 Å². The van der Waals surface area contributed by atoms with E-state index in [0.29, 0.717) is 24.3 Å². The van der Waals surface area contributed by atoms with Crippen LogP contribution < -0.4 is 15.4 Å². The molecule has 0 fully saturated rings. The molecule has 2 N–H and O–H groups in total. The second-order valence-corrected chi connectivity index (χ2v) is 6.66. The number of hydrogen-bond donors (Lipinski definition) is 2. The maximum absolute atomic E-state index is 13.0. The smallest absolute Gasteiger partial charge is 0.255 e. The largest absolute Gasteiger partial charge is 0.492 e. The van der Waals surface area contributed by atoms with Crippen LogP contribution in [0, 0.1) is 11.7 Å². The Bertz CT molecular complexity index is 818. The topological polar surface area (TPSA) is 67.4 Å². The van der Waals surface area contributed by atoms with Gasteiger partial charge in [0.15, 0.2) is 0 Å². The summed E-state index contributed by atoms with van der Waals surface area (Å²) in [6.07, 6.45) is 0.550. The van der Waals surface area contributed by atoms with Gasteiger partial charge in [0.2, 0.25) is 5.91 Å². The van der Waals surface area contributed by atoms with E-state index in [9.17, 15) is 14.0 Å². The highest BCUT2D eigenvalue weighted by Crippen LogP contribution is 2.30. The lowest BCUT2D eigenvalue weighted by molar-refractivity contribution is -0.126. The lowest BCUT2D eigenvalue weighted by Crippen LogP contribution is -2.40. The van der Waals surface area contributed by atoms with Crippen LogP contribution in [0.4, 0.5) is 10.1 Å². The molecule has 3 rings (SSSR count). The minimum Gasteiger partial charge on any atom is -0.492 e. The number of fused-ring (bicyclic) bond motifs is 1. The van der Waals surface area contributed by atoms with Gasteiger partial charge in [-0.1, -0.05) is 0 Å². The van der Waals surface area contributed by atoms with Crippen molar-refractivity contribution in [3.8, 4) is 5.75 Å². The van der Waals surface area contributed by atoms with Crippen molar-refractivity contribution >= 4 is 17.5 Å². The molecule has 5 nitrogen and oxygen atoms in total. The number of anilines is 1. The zero-order valence-electron chi connectivity index (χ0n) is 14.7. The molecule has 0 saturated carbocycles. The fourth-order valence-corrected chi connectivity index (χ4v) is 2.85. The molecule has 0 saturated heterocycles. The average Bonchev–Trinajstić information content (AvgIpc) is 2.61. The zero-order valence-corrected chi connectivity index (χ0v) is 14.7. The predicted molar refractivity (Wildman–Crippen MR) is 96.8 cm³/mol. The Balaban J connectivity index is 1.71. The first-order valence-corrected chi connectivity index (χ1v) is 8.55. The Morgan fingerprint density at radius 1 is 1.15 bits per heavy atom. The lowest BCUT2D eigenvalue weighted by Gasteiger charge is -2.26. The summed E-state index contributed by atoms with van der Waals surface area (Å²) in [6, 6.07) is 10.8. The molecule has 136 valence electrons. The number of carbonyl (C=O) groups is 2. The van der Waals surface area contributed by atoms with Crippen molar-refractivity contribution in [2.75, 3.05) is 11.9 Å². The lowest BCUT2D eigenvalue weighted by atomic mass is 9.95. The number of nitrogens with one attached hydrogen (secondary N) is 2. The first-order valence-electron chi connectivity index (χ1n) is 8.55. The van der Waals surface area contributed by atoms with Gasteiger partial charge in [-0.15, -0.1) is 0 Å². The van der Waals surface area contributed by atoms with Gasteiger partial charge in [-0.05, 0) is 68.3 Å². The van der Waals surface area contributed by atoms with Crippen LogP contribution in [0.5, 0.6) is 5.75 Å². The molecule has 1 aliphatic rings. The van der Waals surface area contributed by atoms with Crippen LogP contribution in [-0.4, -0.2) is 24.5 Å². The third-order valence-electron chi connectivity index (χ3n) is 4.13. The summed E-state index contributed by atoms with van der Waals surface area (Å²) < 4.78 is 18.6. The van der Waals surface area contributed by atoms with Crippen LogP contribution in [0.15, 0.2) is 42.5 Å². The standard InChI is InChI=1S/C20H21FN2O3/c1-12(2)22-20(25)15-9-14-10-17(7-8-18(14)26-11-15)23-19(24)13-3-5-16(21)6-4-13/h3-8,10,12,15H,9,11H2,1-2H3,(H,22,25)(H,23,24). The normalized spacial score (nSPS) is 15.8. The number of hydrogen-bond acceptors (Lipinski definition) is 3. The monoisotopic (exact) mass is 356 g/mol. The van der Waals surface area contributed by atoms with E-state index in [1.807, 2.05) is 19.9 Å². The molecule has 2 amide bonds. The predicted octanol–water partition coefficient (Wildman–Crippen LogP) is 3.15. The molecule has 0 aliphatic carbocycles. The van der Waals surface area contributed by atoms with Crippen molar-refractivity contribution in [3.63, 3.8) is 0 Å². The number of halogens is 1. The summed E-state index contributed by atoms with van der Waals surface area (Å²) in [5.74, 6) is -0.285. The first-order chi connectivity index (χ1) is 12.4. The van der Waals surface area contributed by atoms with Crippen molar-refractivity contribution in [1.29, 1.82) is 0 Å². The second-order valence-electron chi connectivity index (χ2n) is 6.66. The van der Waals surface area contributed by atoms with Gasteiger partial charge in [0.25, 0.3) is 5.91 Å². The maximum atomic E-state index is 13.0. The molecule has 0 bridgehead atoms. The zero-order chi connectivity index (χ0) is 18.7. The Morgan fingerprint density at radius 3 is 2.58 bits per heavy atom. The fourth-order valence-electron chi connectivity index (χ4n) is 2.85. The van der Waals surface area contributed by atoms with Crippen molar-refractivity contribution in [3.05, 3.63) is 59.4 Å². The van der Waals surface area contributed by atoms with E-state index < -0.39 is 5.82 Å². The highest BCUT2D eigenvalue weighted by Gasteiger charge is 2.26. The van der Waals surface area contributed by atoms with E-state index in [2.05, 4.69) is 10.6 Å². The number of rotatable bonds is 4. The fraction of sp³-hybridized carbons (Fsp3) is 0.300. The van der Waals surface area contributed by atoms with Crippen molar-refractivity contribution in [1.82, 2.24) is 5.32 Å². The molecular weight excluding hydrogens is 335 g/mol. The van der Waals surface area contributed by atoms with Crippen molar-refractivity contribution in [2.24, 2.45) is 5.92 Å². The van der Waals surface area contributed by atoms with Crippen molar-refractivity contribution < 1.29 is 18.7 Å². The Morgan fingerprint density at radius 2 is 1.88 bits per heavy atom. The molecule has 1 aliphatic heterocycles. The van der Waals surface area contributed by atoms with Gasteiger partial charge in [0, 0.05) is 17.3 Å². The number of benzene rings is 2. The molecule has 0 spiro atoms. The Hall–Kier alpha value is -2.89. The van der Waals surface area contributed by atoms with Gasteiger partial charge in [0.05, 0.1) is 5.92 Å². The third-order valence-corrected chi connectivity index (χ3v) is 4.13. The van der Waals surface area contributed by atoms with Gasteiger partial charge in [-0.25, -0.2) is 4.39 Å². The number of amides is 2. The van der Waals surface area contributed by atoms with Gasteiger partial charge >= 0.3 is 0 Å². The van der Waals surface area contributed by atoms with E-state index in [1.165, 1.54) is 24.3 Å². The molecule has 1 heterocycles. The molecule has 0 radical (unpaired) electrons. The second kappa shape index (κ2) is 7.56. The number of carbonyl (C=O) groups excluding carboxylic acids is 2. The molecule has 6 heteroatoms. The molecule has 2 aromatic carbocycles. The van der Waals surface area contributed by atoms with Gasteiger partial charge in [-0.2, -0.15) is 0 Å². The summed E-state index contributed by atoms with van der Waals surface area (Å²) in [4.78, 5) is 24.5. The number of ether oxygens (including phenoxy) is 1. The Kier molecular flexibility index (Phi) is 5.21. The molecular formula is C20H21FN2O3. The van der Waals surface area contributed by atoms with E-state index >= 15 is 0 Å². The molecule has 0 aromatic heterocycles. The molecule has 26 heavy (non-hydrogen) atoms. The summed E-state index contributed by atoms with van der Waals surface area (Å²) in [5, 5.41) is 5.68. The molecule has 1 atom stereocenters. The first kappa shape index (κ1) is 17.9. The van der Waals surface area contributed by atoms with Crippen LogP contribution in [0.3, 0.4) is 0 Å². The SMILES string of the molecule is CC(C)NC(=O)C1COc2ccc(NC(=O)c3ccc(F)cc3)cc2C1. The maximum Gasteiger partial charge on any atom is 0.255 e. The van der Waals surface area contributed by atoms with E-state index in [0.717, 1.165) is 11.3 Å². The van der Waals surface area contributed by atoms with Gasteiger partial charge in [-0.3, -0.25) is 9.59 Å². The summed E-state index contributed by atoms with van der Waals surface area (Å²) >= 11 is 0.